The molecule has 1 unspecified atom stereocenters. The lowest BCUT2D eigenvalue weighted by molar-refractivity contribution is -0.131. The summed E-state index contributed by atoms with van der Waals surface area (Å²) in [6.07, 6.45) is 4.84. The highest BCUT2D eigenvalue weighted by atomic mass is 16.2. The van der Waals surface area contributed by atoms with Crippen LogP contribution in [0.1, 0.15) is 57.1 Å². The molecule has 1 spiro atoms. The van der Waals surface area contributed by atoms with Crippen LogP contribution in [0.5, 0.6) is 0 Å². The van der Waals surface area contributed by atoms with Gasteiger partial charge in [-0.1, -0.05) is 80.4 Å². The standard InChI is InChI=1S/C25H30N6O/c1-3-17(2)23-28-25(14-6-7-15-25)24(32)31(23)16-18-10-12-19(13-11-18)20-8-4-5-9-21(20)22(26)29-30-27/h4-5,8-13,17H,3,6-7,14-16H2,1-2H3,(H3,26,27,29). The van der Waals surface area contributed by atoms with Gasteiger partial charge in [0, 0.05) is 11.5 Å². The van der Waals surface area contributed by atoms with Crippen molar-refractivity contribution in [2.24, 2.45) is 27.1 Å². The number of rotatable bonds is 6. The molecule has 0 saturated heterocycles. The summed E-state index contributed by atoms with van der Waals surface area (Å²) >= 11 is 0. The van der Waals surface area contributed by atoms with Gasteiger partial charge in [-0.3, -0.25) is 20.1 Å². The van der Waals surface area contributed by atoms with Crippen molar-refractivity contribution in [2.75, 3.05) is 0 Å². The van der Waals surface area contributed by atoms with Gasteiger partial charge in [-0.15, -0.1) is 5.11 Å². The Morgan fingerprint density at radius 2 is 1.88 bits per heavy atom. The van der Waals surface area contributed by atoms with Crippen molar-refractivity contribution < 1.29 is 4.79 Å². The molecule has 0 aromatic heterocycles. The highest BCUT2D eigenvalue weighted by Gasteiger charge is 2.50. The Morgan fingerprint density at radius 3 is 2.53 bits per heavy atom. The van der Waals surface area contributed by atoms with E-state index in [0.717, 1.165) is 54.6 Å². The monoisotopic (exact) mass is 430 g/mol. The number of amides is 1. The predicted molar refractivity (Wildman–Crippen MR) is 126 cm³/mol. The van der Waals surface area contributed by atoms with Crippen molar-refractivity contribution in [3.8, 4) is 11.1 Å². The second-order valence-corrected chi connectivity index (χ2v) is 8.72. The van der Waals surface area contributed by atoms with Gasteiger partial charge >= 0.3 is 0 Å². The summed E-state index contributed by atoms with van der Waals surface area (Å²) in [6.45, 7) is 4.83. The summed E-state index contributed by atoms with van der Waals surface area (Å²) in [6, 6.07) is 15.7. The Bertz CT molecular complexity index is 1070. The second-order valence-electron chi connectivity index (χ2n) is 8.72. The first-order chi connectivity index (χ1) is 15.5. The first kappa shape index (κ1) is 21.9. The van der Waals surface area contributed by atoms with E-state index in [1.807, 2.05) is 53.4 Å². The van der Waals surface area contributed by atoms with Crippen molar-refractivity contribution >= 4 is 17.6 Å². The molecule has 1 aliphatic heterocycles. The molecule has 1 amide bonds. The lowest BCUT2D eigenvalue weighted by Crippen LogP contribution is -2.41. The molecule has 0 radical (unpaired) electrons. The fraction of sp³-hybridized carbons (Fsp3) is 0.400. The van der Waals surface area contributed by atoms with Crippen LogP contribution in [0.3, 0.4) is 0 Å². The largest absolute Gasteiger partial charge is 0.305 e. The first-order valence-electron chi connectivity index (χ1n) is 11.3. The summed E-state index contributed by atoms with van der Waals surface area (Å²) < 4.78 is 0. The summed E-state index contributed by atoms with van der Waals surface area (Å²) in [5.41, 5.74) is 3.06. The minimum Gasteiger partial charge on any atom is -0.305 e. The Balaban J connectivity index is 1.59. The Hall–Kier alpha value is -3.35. The zero-order chi connectivity index (χ0) is 22.7. The van der Waals surface area contributed by atoms with Gasteiger partial charge in [-0.2, -0.15) is 0 Å². The molecule has 1 atom stereocenters. The van der Waals surface area contributed by atoms with E-state index in [1.165, 1.54) is 0 Å². The summed E-state index contributed by atoms with van der Waals surface area (Å²) in [5.74, 6) is 6.51. The van der Waals surface area contributed by atoms with E-state index < -0.39 is 5.54 Å². The van der Waals surface area contributed by atoms with Crippen LogP contribution in [-0.2, 0) is 11.3 Å². The lowest BCUT2D eigenvalue weighted by atomic mass is 9.97. The van der Waals surface area contributed by atoms with Crippen molar-refractivity contribution in [3.05, 3.63) is 59.7 Å². The van der Waals surface area contributed by atoms with E-state index in [4.69, 9.17) is 16.2 Å². The van der Waals surface area contributed by atoms with E-state index in [9.17, 15) is 4.79 Å². The van der Waals surface area contributed by atoms with Gasteiger partial charge in [0.15, 0.2) is 5.84 Å². The minimum absolute atomic E-state index is 0.0195. The maximum Gasteiger partial charge on any atom is 0.256 e. The van der Waals surface area contributed by atoms with Crippen LogP contribution < -0.4 is 5.84 Å². The number of nitrogens with zero attached hydrogens (tertiary/aromatic N) is 4. The molecule has 7 heteroatoms. The van der Waals surface area contributed by atoms with E-state index in [2.05, 4.69) is 24.2 Å². The lowest BCUT2D eigenvalue weighted by Gasteiger charge is -2.24. The molecule has 32 heavy (non-hydrogen) atoms. The van der Waals surface area contributed by atoms with Crippen molar-refractivity contribution in [2.45, 2.75) is 58.0 Å². The number of nitrogens with one attached hydrogen (secondary N) is 1. The molecule has 2 aromatic carbocycles. The maximum absolute atomic E-state index is 13.4. The second kappa shape index (κ2) is 9.02. The molecular formula is C25H30N6O. The molecule has 4 rings (SSSR count). The Kier molecular flexibility index (Phi) is 6.17. The highest BCUT2D eigenvalue weighted by molar-refractivity contribution is 6.09. The number of amidine groups is 2. The van der Waals surface area contributed by atoms with Crippen LogP contribution in [0, 0.1) is 11.3 Å². The van der Waals surface area contributed by atoms with Gasteiger partial charge in [0.1, 0.15) is 11.4 Å². The van der Waals surface area contributed by atoms with Crippen molar-refractivity contribution in [1.82, 2.24) is 4.90 Å². The van der Waals surface area contributed by atoms with Gasteiger partial charge < -0.3 is 5.84 Å². The highest BCUT2D eigenvalue weighted by Crippen LogP contribution is 2.40. The van der Waals surface area contributed by atoms with E-state index in [-0.39, 0.29) is 17.7 Å². The van der Waals surface area contributed by atoms with Gasteiger partial charge in [-0.05, 0) is 36.0 Å². The smallest absolute Gasteiger partial charge is 0.256 e. The molecule has 3 N–H and O–H groups in total. The zero-order valence-corrected chi connectivity index (χ0v) is 18.7. The summed E-state index contributed by atoms with van der Waals surface area (Å²) in [4.78, 5) is 20.3. The number of hydrogen-bond acceptors (Lipinski definition) is 4. The number of carbonyl (C=O) groups is 1. The fourth-order valence-electron chi connectivity index (χ4n) is 4.71. The van der Waals surface area contributed by atoms with Crippen LogP contribution in [0.2, 0.25) is 0 Å². The molecule has 166 valence electrons. The molecular weight excluding hydrogens is 400 g/mol. The summed E-state index contributed by atoms with van der Waals surface area (Å²) in [5, 5.41) is 15.0. The normalized spacial score (nSPS) is 18.5. The third-order valence-electron chi connectivity index (χ3n) is 6.68. The Labute approximate surface area is 188 Å². The molecule has 0 bridgehead atoms. The molecule has 1 heterocycles. The molecule has 1 aliphatic carbocycles. The number of nitrogens with two attached hydrogens (primary N) is 1. The van der Waals surface area contributed by atoms with Crippen LogP contribution in [0.15, 0.2) is 63.9 Å². The number of benzene rings is 2. The van der Waals surface area contributed by atoms with Gasteiger partial charge in [0.05, 0.1) is 6.54 Å². The quantitative estimate of drug-likeness (QED) is 0.218. The molecule has 2 aromatic rings. The third kappa shape index (κ3) is 3.95. The van der Waals surface area contributed by atoms with Gasteiger partial charge in [0.2, 0.25) is 0 Å². The fourth-order valence-corrected chi connectivity index (χ4v) is 4.71. The topological polar surface area (TPSA) is 107 Å². The van der Waals surface area contributed by atoms with E-state index >= 15 is 0 Å². The van der Waals surface area contributed by atoms with E-state index in [0.29, 0.717) is 12.1 Å². The Morgan fingerprint density at radius 1 is 1.19 bits per heavy atom. The molecule has 2 aliphatic rings. The number of carbonyl (C=O) groups excluding carboxylic acids is 1. The van der Waals surface area contributed by atoms with Crippen LogP contribution in [0.4, 0.5) is 0 Å². The minimum atomic E-state index is -0.518. The van der Waals surface area contributed by atoms with Crippen molar-refractivity contribution in [1.29, 1.82) is 5.41 Å². The van der Waals surface area contributed by atoms with Gasteiger partial charge in [-0.25, -0.2) is 0 Å². The van der Waals surface area contributed by atoms with Crippen LogP contribution in [-0.4, -0.2) is 28.0 Å². The van der Waals surface area contributed by atoms with Crippen molar-refractivity contribution in [3.63, 3.8) is 0 Å². The predicted octanol–water partition coefficient (Wildman–Crippen LogP) is 5.10. The zero-order valence-electron chi connectivity index (χ0n) is 18.7. The average molecular weight is 431 g/mol. The number of hydrogen-bond donors (Lipinski definition) is 2. The molecule has 7 nitrogen and oxygen atoms in total. The SMILES string of the molecule is CCC(C)C1=NC2(CCCC2)C(=O)N1Cc1ccc(-c2ccccc2C(=N)N=NN)cc1. The van der Waals surface area contributed by atoms with Gasteiger partial charge in [0.25, 0.3) is 5.91 Å². The third-order valence-corrected chi connectivity index (χ3v) is 6.68. The molecule has 1 saturated carbocycles. The van der Waals surface area contributed by atoms with E-state index in [1.54, 1.807) is 0 Å². The summed E-state index contributed by atoms with van der Waals surface area (Å²) in [7, 11) is 0. The number of aliphatic imine (C=N–C) groups is 1. The molecule has 1 fully saturated rings. The first-order valence-corrected chi connectivity index (χ1v) is 11.3. The average Bonchev–Trinajstić information content (AvgIpc) is 3.40. The maximum atomic E-state index is 13.4. The van der Waals surface area contributed by atoms with Crippen LogP contribution in [0.25, 0.3) is 11.1 Å². The van der Waals surface area contributed by atoms with Crippen LogP contribution >= 0.6 is 0 Å².